The van der Waals surface area contributed by atoms with Crippen molar-refractivity contribution in [2.75, 3.05) is 0 Å². The summed E-state index contributed by atoms with van der Waals surface area (Å²) in [5.74, 6) is -0.658. The van der Waals surface area contributed by atoms with Gasteiger partial charge in [0.1, 0.15) is 17.1 Å². The highest BCUT2D eigenvalue weighted by Crippen LogP contribution is 2.24. The van der Waals surface area contributed by atoms with Gasteiger partial charge in [0.2, 0.25) is 11.6 Å². The third kappa shape index (κ3) is 1.34. The molecule has 0 atom stereocenters. The van der Waals surface area contributed by atoms with E-state index in [-0.39, 0.29) is 34.2 Å². The van der Waals surface area contributed by atoms with E-state index in [1.54, 1.807) is 24.3 Å². The van der Waals surface area contributed by atoms with Crippen LogP contribution in [0.1, 0.15) is 32.2 Å². The van der Waals surface area contributed by atoms with Crippen molar-refractivity contribution in [1.82, 2.24) is 15.0 Å². The lowest BCUT2D eigenvalue weighted by Gasteiger charge is -2.14. The first-order valence-corrected chi connectivity index (χ1v) is 6.07. The summed E-state index contributed by atoms with van der Waals surface area (Å²) in [6, 6.07) is 10.4. The summed E-state index contributed by atoms with van der Waals surface area (Å²) in [5.41, 5.74) is 1.81. The number of carbonyl (C=O) groups is 2. The summed E-state index contributed by atoms with van der Waals surface area (Å²) in [5, 5.41) is 0. The van der Waals surface area contributed by atoms with Crippen molar-refractivity contribution in [1.29, 1.82) is 0 Å². The highest BCUT2D eigenvalue weighted by molar-refractivity contribution is 6.26. The van der Waals surface area contributed by atoms with Crippen LogP contribution in [-0.4, -0.2) is 26.5 Å². The third-order valence-electron chi connectivity index (χ3n) is 3.27. The van der Waals surface area contributed by atoms with E-state index in [1.165, 1.54) is 6.20 Å². The molecule has 2 heterocycles. The first-order valence-electron chi connectivity index (χ1n) is 6.07. The number of pyridine rings is 1. The SMILES string of the molecule is O=C1c2cccnc2C(=O)c2nc3ccccc3nc21. The number of para-hydroxylation sites is 2. The Bertz CT molecular complexity index is 829. The van der Waals surface area contributed by atoms with Crippen molar-refractivity contribution in [2.24, 2.45) is 0 Å². The molecule has 20 heavy (non-hydrogen) atoms. The number of hydrogen-bond acceptors (Lipinski definition) is 5. The van der Waals surface area contributed by atoms with Crippen molar-refractivity contribution < 1.29 is 9.59 Å². The second-order valence-corrected chi connectivity index (χ2v) is 4.47. The highest BCUT2D eigenvalue weighted by atomic mass is 16.1. The summed E-state index contributed by atoms with van der Waals surface area (Å²) >= 11 is 0. The largest absolute Gasteiger partial charge is 0.287 e. The molecular formula is C15H7N3O2. The Morgan fingerprint density at radius 1 is 0.700 bits per heavy atom. The van der Waals surface area contributed by atoms with E-state index in [1.807, 2.05) is 12.1 Å². The van der Waals surface area contributed by atoms with Gasteiger partial charge >= 0.3 is 0 Å². The summed E-state index contributed by atoms with van der Waals surface area (Å²) in [7, 11) is 0. The molecule has 94 valence electrons. The average Bonchev–Trinajstić information content (AvgIpc) is 2.51. The van der Waals surface area contributed by atoms with Crippen molar-refractivity contribution in [3.8, 4) is 0 Å². The number of benzene rings is 1. The fraction of sp³-hybridized carbons (Fsp3) is 0. The van der Waals surface area contributed by atoms with Crippen molar-refractivity contribution in [3.05, 3.63) is 65.2 Å². The van der Waals surface area contributed by atoms with Gasteiger partial charge in [-0.2, -0.15) is 0 Å². The van der Waals surface area contributed by atoms with Gasteiger partial charge in [-0.1, -0.05) is 12.1 Å². The predicted molar refractivity (Wildman–Crippen MR) is 70.6 cm³/mol. The van der Waals surface area contributed by atoms with Gasteiger partial charge < -0.3 is 0 Å². The Kier molecular flexibility index (Phi) is 2.06. The summed E-state index contributed by atoms with van der Waals surface area (Å²) in [4.78, 5) is 37.3. The van der Waals surface area contributed by atoms with Crippen molar-refractivity contribution in [2.45, 2.75) is 0 Å². The molecule has 0 aliphatic heterocycles. The zero-order chi connectivity index (χ0) is 13.7. The molecule has 1 aliphatic carbocycles. The molecule has 5 nitrogen and oxygen atoms in total. The van der Waals surface area contributed by atoms with Crippen LogP contribution >= 0.6 is 0 Å². The molecule has 0 amide bonds. The minimum Gasteiger partial charge on any atom is -0.287 e. The Morgan fingerprint density at radius 2 is 1.35 bits per heavy atom. The standard InChI is InChI=1S/C15H7N3O2/c19-14-8-4-3-7-16-11(8)15(20)13-12(14)17-9-5-1-2-6-10(9)18-13/h1-7H. The lowest BCUT2D eigenvalue weighted by atomic mass is 9.93. The van der Waals surface area contributed by atoms with Crippen LogP contribution in [0.25, 0.3) is 11.0 Å². The molecule has 3 aromatic rings. The topological polar surface area (TPSA) is 72.8 Å². The second kappa shape index (κ2) is 3.77. The van der Waals surface area contributed by atoms with E-state index in [2.05, 4.69) is 15.0 Å². The molecule has 0 saturated carbocycles. The molecular weight excluding hydrogens is 254 g/mol. The minimum absolute atomic E-state index is 0.0832. The average molecular weight is 261 g/mol. The fourth-order valence-corrected chi connectivity index (χ4v) is 2.33. The Hall–Kier alpha value is -2.95. The van der Waals surface area contributed by atoms with Crippen LogP contribution < -0.4 is 0 Å². The monoisotopic (exact) mass is 261 g/mol. The van der Waals surface area contributed by atoms with Crippen LogP contribution in [0, 0.1) is 0 Å². The molecule has 0 unspecified atom stereocenters. The predicted octanol–water partition coefficient (Wildman–Crippen LogP) is 1.80. The van der Waals surface area contributed by atoms with Gasteiger partial charge in [0.05, 0.1) is 16.6 Å². The van der Waals surface area contributed by atoms with Gasteiger partial charge in [-0.25, -0.2) is 9.97 Å². The Labute approximate surface area is 113 Å². The van der Waals surface area contributed by atoms with Gasteiger partial charge in [-0.15, -0.1) is 0 Å². The normalized spacial score (nSPS) is 13.2. The first-order chi connectivity index (χ1) is 9.75. The number of fused-ring (bicyclic) bond motifs is 3. The van der Waals surface area contributed by atoms with Crippen LogP contribution in [0.15, 0.2) is 42.6 Å². The second-order valence-electron chi connectivity index (χ2n) is 4.47. The number of rotatable bonds is 0. The number of carbonyl (C=O) groups excluding carboxylic acids is 2. The summed E-state index contributed by atoms with van der Waals surface area (Å²) < 4.78 is 0. The van der Waals surface area contributed by atoms with Crippen LogP contribution in [0.2, 0.25) is 0 Å². The van der Waals surface area contributed by atoms with E-state index in [0.29, 0.717) is 11.0 Å². The lowest BCUT2D eigenvalue weighted by Crippen LogP contribution is -2.24. The van der Waals surface area contributed by atoms with E-state index in [0.717, 1.165) is 0 Å². The molecule has 1 aromatic carbocycles. The molecule has 0 bridgehead atoms. The quantitative estimate of drug-likeness (QED) is 0.482. The van der Waals surface area contributed by atoms with Gasteiger partial charge in [0.25, 0.3) is 0 Å². The molecule has 0 N–H and O–H groups in total. The van der Waals surface area contributed by atoms with E-state index in [9.17, 15) is 9.59 Å². The van der Waals surface area contributed by atoms with Crippen LogP contribution in [0.4, 0.5) is 0 Å². The zero-order valence-corrected chi connectivity index (χ0v) is 10.2. The number of aromatic nitrogens is 3. The smallest absolute Gasteiger partial charge is 0.232 e. The van der Waals surface area contributed by atoms with Gasteiger partial charge in [0, 0.05) is 6.20 Å². The molecule has 5 heteroatoms. The maximum atomic E-state index is 12.4. The Balaban J connectivity index is 2.08. The maximum Gasteiger partial charge on any atom is 0.232 e. The summed E-state index contributed by atoms with van der Waals surface area (Å²) in [6.07, 6.45) is 1.49. The van der Waals surface area contributed by atoms with Crippen LogP contribution in [0.3, 0.4) is 0 Å². The summed E-state index contributed by atoms with van der Waals surface area (Å²) in [6.45, 7) is 0. The first kappa shape index (κ1) is 10.9. The zero-order valence-electron chi connectivity index (χ0n) is 10.2. The van der Waals surface area contributed by atoms with Gasteiger partial charge in [0.15, 0.2) is 0 Å². The number of hydrogen-bond donors (Lipinski definition) is 0. The number of ketones is 2. The Morgan fingerprint density at radius 3 is 2.05 bits per heavy atom. The molecule has 0 radical (unpaired) electrons. The lowest BCUT2D eigenvalue weighted by molar-refractivity contribution is 0.0968. The van der Waals surface area contributed by atoms with Gasteiger partial charge in [-0.05, 0) is 24.3 Å². The fourth-order valence-electron chi connectivity index (χ4n) is 2.33. The van der Waals surface area contributed by atoms with Crippen molar-refractivity contribution in [3.63, 3.8) is 0 Å². The van der Waals surface area contributed by atoms with Crippen molar-refractivity contribution >= 4 is 22.6 Å². The molecule has 0 fully saturated rings. The third-order valence-corrected chi connectivity index (χ3v) is 3.27. The van der Waals surface area contributed by atoms with Crippen LogP contribution in [-0.2, 0) is 0 Å². The molecule has 1 aliphatic rings. The molecule has 0 saturated heterocycles. The maximum absolute atomic E-state index is 12.4. The number of nitrogens with zero attached hydrogens (tertiary/aromatic N) is 3. The molecule has 0 spiro atoms. The molecule has 2 aromatic heterocycles. The van der Waals surface area contributed by atoms with Gasteiger partial charge in [-0.3, -0.25) is 14.6 Å². The van der Waals surface area contributed by atoms with E-state index < -0.39 is 0 Å². The van der Waals surface area contributed by atoms with E-state index in [4.69, 9.17) is 0 Å². The van der Waals surface area contributed by atoms with Crippen LogP contribution in [0.5, 0.6) is 0 Å². The molecule has 4 rings (SSSR count). The highest BCUT2D eigenvalue weighted by Gasteiger charge is 2.33. The minimum atomic E-state index is -0.353. The van der Waals surface area contributed by atoms with E-state index >= 15 is 0 Å².